The smallest absolute Gasteiger partial charge is 0.321 e. The maximum atomic E-state index is 6.25. The van der Waals surface area contributed by atoms with Crippen LogP contribution in [0.1, 0.15) is 195 Å². The van der Waals surface area contributed by atoms with Crippen molar-refractivity contribution >= 4 is 0 Å². The average molecular weight is 569 g/mol. The predicted octanol–water partition coefficient (Wildman–Crippen LogP) is 12.4. The van der Waals surface area contributed by atoms with Crippen molar-refractivity contribution in [3.8, 4) is 0 Å². The molecule has 0 aliphatic rings. The zero-order chi connectivity index (χ0) is 29.2. The molecular formula is C36H72O4. The SMILES string of the molecule is CCCCCCCCCCOCOC(OCCCCCCCCCC)=C(CCC)OCCCCCCCCCC. The van der Waals surface area contributed by atoms with E-state index in [1.165, 1.54) is 135 Å². The Morgan fingerprint density at radius 2 is 0.725 bits per heavy atom. The normalized spacial score (nSPS) is 12.0. The molecular weight excluding hydrogens is 496 g/mol. The molecule has 0 aromatic heterocycles. The number of rotatable bonds is 34. The molecule has 240 valence electrons. The Balaban J connectivity index is 4.44. The molecule has 0 amide bonds. The van der Waals surface area contributed by atoms with Crippen LogP contribution in [0.2, 0.25) is 0 Å². The van der Waals surface area contributed by atoms with Gasteiger partial charge in [-0.25, -0.2) is 0 Å². The lowest BCUT2D eigenvalue weighted by molar-refractivity contribution is -0.0845. The van der Waals surface area contributed by atoms with Crippen LogP contribution in [0, 0.1) is 0 Å². The van der Waals surface area contributed by atoms with E-state index < -0.39 is 0 Å². The summed E-state index contributed by atoms with van der Waals surface area (Å²) >= 11 is 0. The van der Waals surface area contributed by atoms with Gasteiger partial charge in [0, 0.05) is 6.42 Å². The first-order valence-corrected chi connectivity index (χ1v) is 18.0. The minimum absolute atomic E-state index is 0.248. The van der Waals surface area contributed by atoms with E-state index >= 15 is 0 Å². The van der Waals surface area contributed by atoms with E-state index in [9.17, 15) is 0 Å². The highest BCUT2D eigenvalue weighted by molar-refractivity contribution is 4.95. The topological polar surface area (TPSA) is 36.9 Å². The lowest BCUT2D eigenvalue weighted by Gasteiger charge is -2.18. The van der Waals surface area contributed by atoms with E-state index in [4.69, 9.17) is 18.9 Å². The van der Waals surface area contributed by atoms with Gasteiger partial charge in [0.2, 0.25) is 0 Å². The summed E-state index contributed by atoms with van der Waals surface area (Å²) < 4.78 is 24.3. The quantitative estimate of drug-likeness (QED) is 0.0439. The maximum Gasteiger partial charge on any atom is 0.321 e. The van der Waals surface area contributed by atoms with Crippen LogP contribution < -0.4 is 0 Å². The minimum atomic E-state index is 0.248. The molecule has 0 aliphatic heterocycles. The van der Waals surface area contributed by atoms with Gasteiger partial charge in [0.1, 0.15) is 0 Å². The van der Waals surface area contributed by atoms with Gasteiger partial charge < -0.3 is 18.9 Å². The molecule has 0 aliphatic carbocycles. The summed E-state index contributed by atoms with van der Waals surface area (Å²) in [5.41, 5.74) is 0. The van der Waals surface area contributed by atoms with Crippen LogP contribution in [0.4, 0.5) is 0 Å². The van der Waals surface area contributed by atoms with Gasteiger partial charge in [-0.1, -0.05) is 163 Å². The number of allylic oxidation sites excluding steroid dienone is 1. The fourth-order valence-corrected chi connectivity index (χ4v) is 4.99. The summed E-state index contributed by atoms with van der Waals surface area (Å²) in [5, 5.41) is 0. The summed E-state index contributed by atoms with van der Waals surface area (Å²) in [6.07, 6.45) is 33.1. The van der Waals surface area contributed by atoms with Gasteiger partial charge in [-0.2, -0.15) is 0 Å². The van der Waals surface area contributed by atoms with Crippen molar-refractivity contribution in [2.75, 3.05) is 26.6 Å². The summed E-state index contributed by atoms with van der Waals surface area (Å²) in [4.78, 5) is 0. The van der Waals surface area contributed by atoms with Crippen molar-refractivity contribution in [3.63, 3.8) is 0 Å². The standard InChI is InChI=1S/C36H72O4/c1-5-9-12-15-18-21-24-27-31-37-34-40-36(39-33-29-26-23-20-17-14-11-7-3)35(30-8-4)38-32-28-25-22-19-16-13-10-6-2/h5-34H2,1-4H3. The van der Waals surface area contributed by atoms with E-state index in [1.54, 1.807) is 0 Å². The van der Waals surface area contributed by atoms with Gasteiger partial charge in [0.25, 0.3) is 0 Å². The zero-order valence-electron chi connectivity index (χ0n) is 27.8. The average Bonchev–Trinajstić information content (AvgIpc) is 2.96. The third-order valence-corrected chi connectivity index (χ3v) is 7.63. The summed E-state index contributed by atoms with van der Waals surface area (Å²) in [6.45, 7) is 11.5. The van der Waals surface area contributed by atoms with Crippen LogP contribution >= 0.6 is 0 Å². The fourth-order valence-electron chi connectivity index (χ4n) is 4.99. The van der Waals surface area contributed by atoms with E-state index in [1.807, 2.05) is 0 Å². The molecule has 0 bridgehead atoms. The Morgan fingerprint density at radius 3 is 1.15 bits per heavy atom. The number of hydrogen-bond acceptors (Lipinski definition) is 4. The second-order valence-electron chi connectivity index (χ2n) is 11.8. The van der Waals surface area contributed by atoms with Crippen molar-refractivity contribution < 1.29 is 18.9 Å². The van der Waals surface area contributed by atoms with Crippen molar-refractivity contribution in [2.45, 2.75) is 195 Å². The second kappa shape index (κ2) is 34.3. The molecule has 0 atom stereocenters. The summed E-state index contributed by atoms with van der Waals surface area (Å²) in [7, 11) is 0. The fraction of sp³-hybridized carbons (Fsp3) is 0.944. The van der Waals surface area contributed by atoms with Gasteiger partial charge in [-0.15, -0.1) is 0 Å². The first-order valence-electron chi connectivity index (χ1n) is 18.0. The molecule has 0 aromatic rings. The van der Waals surface area contributed by atoms with Crippen molar-refractivity contribution in [1.29, 1.82) is 0 Å². The molecule has 0 radical (unpaired) electrons. The molecule has 0 spiro atoms. The van der Waals surface area contributed by atoms with E-state index in [-0.39, 0.29) is 6.79 Å². The maximum absolute atomic E-state index is 6.25. The van der Waals surface area contributed by atoms with Crippen LogP contribution in [-0.4, -0.2) is 26.6 Å². The van der Waals surface area contributed by atoms with Crippen LogP contribution in [0.3, 0.4) is 0 Å². The molecule has 0 rings (SSSR count). The highest BCUT2D eigenvalue weighted by atomic mass is 16.7. The highest BCUT2D eigenvalue weighted by Crippen LogP contribution is 2.19. The monoisotopic (exact) mass is 569 g/mol. The van der Waals surface area contributed by atoms with Gasteiger partial charge >= 0.3 is 5.95 Å². The molecule has 0 saturated carbocycles. The number of unbranched alkanes of at least 4 members (excludes halogenated alkanes) is 21. The first kappa shape index (κ1) is 39.1. The number of ether oxygens (including phenoxy) is 4. The Labute approximate surface area is 251 Å². The number of hydrogen-bond donors (Lipinski definition) is 0. The largest absolute Gasteiger partial charge is 0.491 e. The third kappa shape index (κ3) is 28.6. The lowest BCUT2D eigenvalue weighted by atomic mass is 10.1. The van der Waals surface area contributed by atoms with Crippen molar-refractivity contribution in [3.05, 3.63) is 11.7 Å². The molecule has 40 heavy (non-hydrogen) atoms. The van der Waals surface area contributed by atoms with Gasteiger partial charge in [-0.3, -0.25) is 0 Å². The molecule has 0 fully saturated rings. The van der Waals surface area contributed by atoms with Crippen LogP contribution in [-0.2, 0) is 18.9 Å². The molecule has 0 saturated heterocycles. The van der Waals surface area contributed by atoms with E-state index in [0.29, 0.717) is 12.6 Å². The Morgan fingerprint density at radius 1 is 0.350 bits per heavy atom. The van der Waals surface area contributed by atoms with Crippen molar-refractivity contribution in [1.82, 2.24) is 0 Å². The van der Waals surface area contributed by atoms with E-state index in [2.05, 4.69) is 27.7 Å². The molecule has 4 heteroatoms. The highest BCUT2D eigenvalue weighted by Gasteiger charge is 2.12. The van der Waals surface area contributed by atoms with Crippen LogP contribution in [0.5, 0.6) is 0 Å². The molecule has 0 unspecified atom stereocenters. The van der Waals surface area contributed by atoms with Crippen LogP contribution in [0.25, 0.3) is 0 Å². The Bertz CT molecular complexity index is 505. The predicted molar refractivity (Wildman–Crippen MR) is 174 cm³/mol. The molecule has 0 heterocycles. The summed E-state index contributed by atoms with van der Waals surface area (Å²) in [5.74, 6) is 1.45. The van der Waals surface area contributed by atoms with Gasteiger partial charge in [0.05, 0.1) is 19.8 Å². The Kier molecular flexibility index (Phi) is 33.5. The van der Waals surface area contributed by atoms with Gasteiger partial charge in [-0.05, 0) is 25.7 Å². The first-order chi connectivity index (χ1) is 19.8. The van der Waals surface area contributed by atoms with Crippen molar-refractivity contribution in [2.24, 2.45) is 0 Å². The second-order valence-corrected chi connectivity index (χ2v) is 11.8. The third-order valence-electron chi connectivity index (χ3n) is 7.63. The van der Waals surface area contributed by atoms with Gasteiger partial charge in [0.15, 0.2) is 12.6 Å². The molecule has 4 nitrogen and oxygen atoms in total. The van der Waals surface area contributed by atoms with Crippen LogP contribution in [0.15, 0.2) is 11.7 Å². The summed E-state index contributed by atoms with van der Waals surface area (Å²) in [6, 6.07) is 0. The zero-order valence-corrected chi connectivity index (χ0v) is 27.8. The Hall–Kier alpha value is -0.900. The minimum Gasteiger partial charge on any atom is -0.491 e. The lowest BCUT2D eigenvalue weighted by Crippen LogP contribution is -2.10. The van der Waals surface area contributed by atoms with E-state index in [0.717, 1.165) is 51.1 Å². The molecule has 0 aromatic carbocycles. The molecule has 0 N–H and O–H groups in total.